The summed E-state index contributed by atoms with van der Waals surface area (Å²) in [5, 5.41) is 18.0. The monoisotopic (exact) mass is 476 g/mol. The SMILES string of the molecule is Cc1cc(=O)c(C(=O)Nc2cccc(I)c2)nn1-c1ccccc1[N+](=O)[O-]. The van der Waals surface area contributed by atoms with Crippen LogP contribution in [0.3, 0.4) is 0 Å². The van der Waals surface area contributed by atoms with Crippen LogP contribution >= 0.6 is 22.6 Å². The van der Waals surface area contributed by atoms with Crippen molar-refractivity contribution in [3.63, 3.8) is 0 Å². The van der Waals surface area contributed by atoms with Gasteiger partial charge < -0.3 is 5.32 Å². The molecule has 0 aliphatic carbocycles. The lowest BCUT2D eigenvalue weighted by atomic mass is 10.2. The Kier molecular flexibility index (Phi) is 5.31. The molecular weight excluding hydrogens is 463 g/mol. The number of carbonyl (C=O) groups excluding carboxylic acids is 1. The maximum Gasteiger partial charge on any atom is 0.294 e. The van der Waals surface area contributed by atoms with Crippen molar-refractivity contribution in [2.24, 2.45) is 0 Å². The summed E-state index contributed by atoms with van der Waals surface area (Å²) in [5.41, 5.74) is -0.0295. The Labute approximate surface area is 167 Å². The average molecular weight is 476 g/mol. The van der Waals surface area contributed by atoms with E-state index in [9.17, 15) is 19.7 Å². The number of hydrogen-bond acceptors (Lipinski definition) is 5. The maximum atomic E-state index is 12.5. The van der Waals surface area contributed by atoms with Gasteiger partial charge in [-0.3, -0.25) is 19.7 Å². The van der Waals surface area contributed by atoms with Gasteiger partial charge >= 0.3 is 0 Å². The van der Waals surface area contributed by atoms with E-state index in [0.29, 0.717) is 11.4 Å². The number of nitrogens with one attached hydrogen (secondary N) is 1. The first kappa shape index (κ1) is 18.7. The van der Waals surface area contributed by atoms with Crippen molar-refractivity contribution in [3.8, 4) is 5.69 Å². The Balaban J connectivity index is 2.06. The largest absolute Gasteiger partial charge is 0.320 e. The topological polar surface area (TPSA) is 107 Å². The number of amides is 1. The van der Waals surface area contributed by atoms with Crippen molar-refractivity contribution in [2.75, 3.05) is 5.32 Å². The van der Waals surface area contributed by atoms with Gasteiger partial charge in [-0.25, -0.2) is 4.68 Å². The first-order valence-electron chi connectivity index (χ1n) is 7.78. The van der Waals surface area contributed by atoms with Crippen LogP contribution in [0.15, 0.2) is 59.4 Å². The minimum Gasteiger partial charge on any atom is -0.320 e. The Morgan fingerprint density at radius 3 is 2.63 bits per heavy atom. The summed E-state index contributed by atoms with van der Waals surface area (Å²) in [6, 6.07) is 14.3. The number of benzene rings is 2. The number of nitro groups is 1. The first-order chi connectivity index (χ1) is 12.9. The third-order valence-electron chi connectivity index (χ3n) is 3.71. The predicted octanol–water partition coefficient (Wildman–Crippen LogP) is 3.31. The molecule has 2 aromatic carbocycles. The fourth-order valence-corrected chi connectivity index (χ4v) is 3.05. The molecule has 1 aromatic heterocycles. The number of nitrogens with zero attached hydrogens (tertiary/aromatic N) is 3. The molecule has 0 spiro atoms. The van der Waals surface area contributed by atoms with Gasteiger partial charge in [-0.2, -0.15) is 5.10 Å². The number of hydrogen-bond donors (Lipinski definition) is 1. The van der Waals surface area contributed by atoms with Crippen LogP contribution in [-0.2, 0) is 0 Å². The normalized spacial score (nSPS) is 10.4. The maximum absolute atomic E-state index is 12.5. The highest BCUT2D eigenvalue weighted by molar-refractivity contribution is 14.1. The van der Waals surface area contributed by atoms with E-state index in [1.54, 1.807) is 31.2 Å². The number of aryl methyl sites for hydroxylation is 1. The molecule has 0 fully saturated rings. The Morgan fingerprint density at radius 1 is 1.19 bits per heavy atom. The van der Waals surface area contributed by atoms with Crippen LogP contribution in [0.4, 0.5) is 11.4 Å². The standard InChI is InChI=1S/C18H13IN4O4/c1-11-9-16(24)17(18(25)20-13-6-4-5-12(19)10-13)21-22(11)14-7-2-3-8-15(14)23(26)27/h2-10H,1H3,(H,20,25). The van der Waals surface area contributed by atoms with E-state index in [0.717, 1.165) is 3.57 Å². The highest BCUT2D eigenvalue weighted by Gasteiger charge is 2.20. The van der Waals surface area contributed by atoms with Crippen molar-refractivity contribution in [2.45, 2.75) is 6.92 Å². The lowest BCUT2D eigenvalue weighted by molar-refractivity contribution is -0.384. The van der Waals surface area contributed by atoms with Crippen LogP contribution < -0.4 is 10.7 Å². The molecule has 1 heterocycles. The van der Waals surface area contributed by atoms with Gasteiger partial charge in [-0.1, -0.05) is 18.2 Å². The second-order valence-corrected chi connectivity index (χ2v) is 6.87. The second-order valence-electron chi connectivity index (χ2n) is 5.62. The minimum atomic E-state index is -0.686. The fourth-order valence-electron chi connectivity index (χ4n) is 2.50. The molecule has 1 amide bonds. The molecule has 0 radical (unpaired) electrons. The van der Waals surface area contributed by atoms with Gasteiger partial charge in [0, 0.05) is 27.1 Å². The van der Waals surface area contributed by atoms with Crippen LogP contribution in [0.5, 0.6) is 0 Å². The zero-order chi connectivity index (χ0) is 19.6. The smallest absolute Gasteiger partial charge is 0.294 e. The summed E-state index contributed by atoms with van der Waals surface area (Å²) in [6.45, 7) is 1.59. The zero-order valence-electron chi connectivity index (χ0n) is 14.0. The van der Waals surface area contributed by atoms with Gasteiger partial charge in [0.15, 0.2) is 5.69 Å². The molecule has 3 aromatic rings. The molecule has 3 rings (SSSR count). The van der Waals surface area contributed by atoms with Gasteiger partial charge in [0.2, 0.25) is 5.43 Å². The number of carbonyl (C=O) groups is 1. The lowest BCUT2D eigenvalue weighted by Gasteiger charge is -2.11. The molecule has 0 atom stereocenters. The van der Waals surface area contributed by atoms with Crippen LogP contribution in [0.25, 0.3) is 5.69 Å². The quantitative estimate of drug-likeness (QED) is 0.353. The number of halogens is 1. The molecule has 136 valence electrons. The zero-order valence-corrected chi connectivity index (χ0v) is 16.2. The van der Waals surface area contributed by atoms with Crippen molar-refractivity contribution >= 4 is 39.9 Å². The van der Waals surface area contributed by atoms with E-state index < -0.39 is 16.3 Å². The number of nitro benzene ring substituents is 1. The van der Waals surface area contributed by atoms with Crippen molar-refractivity contribution < 1.29 is 9.72 Å². The third kappa shape index (κ3) is 4.03. The van der Waals surface area contributed by atoms with Gasteiger partial charge in [0.25, 0.3) is 11.6 Å². The van der Waals surface area contributed by atoms with Gasteiger partial charge in [-0.15, -0.1) is 0 Å². The molecule has 9 heteroatoms. The summed E-state index contributed by atoms with van der Waals surface area (Å²) in [7, 11) is 0. The van der Waals surface area contributed by atoms with Crippen molar-refractivity contribution in [3.05, 3.63) is 89.9 Å². The number of rotatable bonds is 4. The van der Waals surface area contributed by atoms with Gasteiger partial charge in [0.1, 0.15) is 5.69 Å². The molecule has 0 unspecified atom stereocenters. The second kappa shape index (κ2) is 7.66. The van der Waals surface area contributed by atoms with Gasteiger partial charge in [0.05, 0.1) is 4.92 Å². The predicted molar refractivity (Wildman–Crippen MR) is 108 cm³/mol. The molecule has 0 saturated carbocycles. The Bertz CT molecular complexity index is 1110. The average Bonchev–Trinajstić information content (AvgIpc) is 2.61. The number of para-hydroxylation sites is 2. The molecule has 0 saturated heterocycles. The highest BCUT2D eigenvalue weighted by atomic mass is 127. The molecule has 27 heavy (non-hydrogen) atoms. The molecule has 8 nitrogen and oxygen atoms in total. The summed E-state index contributed by atoms with van der Waals surface area (Å²) in [6.07, 6.45) is 0. The minimum absolute atomic E-state index is 0.170. The molecular formula is C18H13IN4O4. The van der Waals surface area contributed by atoms with Crippen LogP contribution in [0.1, 0.15) is 16.2 Å². The van der Waals surface area contributed by atoms with Crippen molar-refractivity contribution in [1.82, 2.24) is 9.78 Å². The van der Waals surface area contributed by atoms with Crippen LogP contribution in [0, 0.1) is 20.6 Å². The van der Waals surface area contributed by atoms with E-state index in [1.165, 1.54) is 28.9 Å². The van der Waals surface area contributed by atoms with E-state index in [1.807, 2.05) is 6.07 Å². The van der Waals surface area contributed by atoms with Crippen LogP contribution in [-0.4, -0.2) is 20.6 Å². The van der Waals surface area contributed by atoms with E-state index in [4.69, 9.17) is 0 Å². The Hall–Kier alpha value is -3.08. The summed E-state index contributed by atoms with van der Waals surface area (Å²) < 4.78 is 2.14. The van der Waals surface area contributed by atoms with E-state index >= 15 is 0 Å². The Morgan fingerprint density at radius 2 is 1.93 bits per heavy atom. The summed E-state index contributed by atoms with van der Waals surface area (Å²) in [4.78, 5) is 35.6. The van der Waals surface area contributed by atoms with E-state index in [-0.39, 0.29) is 17.1 Å². The van der Waals surface area contributed by atoms with E-state index in [2.05, 4.69) is 33.0 Å². The molecule has 0 aliphatic heterocycles. The van der Waals surface area contributed by atoms with Crippen molar-refractivity contribution in [1.29, 1.82) is 0 Å². The number of anilines is 1. The summed E-state index contributed by atoms with van der Waals surface area (Å²) >= 11 is 2.10. The third-order valence-corrected chi connectivity index (χ3v) is 4.38. The fraction of sp³-hybridized carbons (Fsp3) is 0.0556. The highest BCUT2D eigenvalue weighted by Crippen LogP contribution is 2.22. The van der Waals surface area contributed by atoms with Crippen LogP contribution in [0.2, 0.25) is 0 Å². The lowest BCUT2D eigenvalue weighted by Crippen LogP contribution is -2.27. The first-order valence-corrected chi connectivity index (χ1v) is 8.86. The molecule has 1 N–H and O–H groups in total. The number of aromatic nitrogens is 2. The summed E-state index contributed by atoms with van der Waals surface area (Å²) in [5.74, 6) is -0.686. The van der Waals surface area contributed by atoms with Gasteiger partial charge in [-0.05, 0) is 53.8 Å². The molecule has 0 bridgehead atoms. The molecule has 0 aliphatic rings.